The van der Waals surface area contributed by atoms with Crippen LogP contribution in [0.1, 0.15) is 31.2 Å². The molecule has 1 aromatic carbocycles. The van der Waals surface area contributed by atoms with E-state index in [1.54, 1.807) is 13.2 Å². The molecule has 0 bridgehead atoms. The minimum absolute atomic E-state index is 0.102. The van der Waals surface area contributed by atoms with Crippen LogP contribution in [0.2, 0.25) is 10.0 Å². The first kappa shape index (κ1) is 14.1. The second-order valence-electron chi connectivity index (χ2n) is 5.05. The maximum atomic E-state index is 10.1. The summed E-state index contributed by atoms with van der Waals surface area (Å²) in [7, 11) is 1.73. The van der Waals surface area contributed by atoms with Crippen LogP contribution in [0.5, 0.6) is 0 Å². The lowest BCUT2D eigenvalue weighted by Gasteiger charge is -2.41. The summed E-state index contributed by atoms with van der Waals surface area (Å²) < 4.78 is 5.52. The van der Waals surface area contributed by atoms with Gasteiger partial charge in [0.05, 0.1) is 21.8 Å². The Morgan fingerprint density at radius 3 is 2.56 bits per heavy atom. The lowest BCUT2D eigenvalue weighted by Crippen LogP contribution is -2.42. The molecule has 1 fully saturated rings. The van der Waals surface area contributed by atoms with E-state index in [2.05, 4.69) is 0 Å². The molecule has 0 aromatic heterocycles. The normalized spacial score (nSPS) is 19.3. The number of aliphatic hydroxyl groups excluding tert-OH is 1. The molecule has 2 rings (SSSR count). The SMILES string of the molecule is COC1(CC(O)Cc2ccc(Cl)c(Cl)c2)CCC1. The maximum absolute atomic E-state index is 10.1. The van der Waals surface area contributed by atoms with Crippen molar-refractivity contribution in [1.82, 2.24) is 0 Å². The molecule has 0 amide bonds. The minimum atomic E-state index is -0.400. The van der Waals surface area contributed by atoms with Crippen LogP contribution in [0.15, 0.2) is 18.2 Å². The van der Waals surface area contributed by atoms with E-state index in [4.69, 9.17) is 27.9 Å². The van der Waals surface area contributed by atoms with Gasteiger partial charge in [0.25, 0.3) is 0 Å². The zero-order valence-electron chi connectivity index (χ0n) is 10.5. The van der Waals surface area contributed by atoms with E-state index in [1.165, 1.54) is 6.42 Å². The molecule has 1 aromatic rings. The largest absolute Gasteiger partial charge is 0.393 e. The van der Waals surface area contributed by atoms with Gasteiger partial charge in [-0.1, -0.05) is 29.3 Å². The number of aliphatic hydroxyl groups is 1. The van der Waals surface area contributed by atoms with Crippen LogP contribution in [0.25, 0.3) is 0 Å². The van der Waals surface area contributed by atoms with Gasteiger partial charge in [0, 0.05) is 13.5 Å². The van der Waals surface area contributed by atoms with E-state index >= 15 is 0 Å². The first-order valence-electron chi connectivity index (χ1n) is 6.22. The number of ether oxygens (including phenoxy) is 1. The van der Waals surface area contributed by atoms with Crippen molar-refractivity contribution in [1.29, 1.82) is 0 Å². The van der Waals surface area contributed by atoms with Crippen molar-refractivity contribution in [2.75, 3.05) is 7.11 Å². The van der Waals surface area contributed by atoms with Crippen molar-refractivity contribution in [2.45, 2.75) is 43.8 Å². The highest BCUT2D eigenvalue weighted by molar-refractivity contribution is 6.42. The van der Waals surface area contributed by atoms with E-state index in [9.17, 15) is 5.11 Å². The topological polar surface area (TPSA) is 29.5 Å². The fraction of sp³-hybridized carbons (Fsp3) is 0.571. The lowest BCUT2D eigenvalue weighted by atomic mass is 9.75. The first-order valence-corrected chi connectivity index (χ1v) is 6.97. The molecule has 0 radical (unpaired) electrons. The highest BCUT2D eigenvalue weighted by atomic mass is 35.5. The Kier molecular flexibility index (Phi) is 4.54. The molecule has 1 N–H and O–H groups in total. The number of methoxy groups -OCH3 is 1. The van der Waals surface area contributed by atoms with Crippen molar-refractivity contribution in [2.24, 2.45) is 0 Å². The Morgan fingerprint density at radius 2 is 2.06 bits per heavy atom. The summed E-state index contributed by atoms with van der Waals surface area (Å²) in [5.41, 5.74) is 0.901. The zero-order valence-corrected chi connectivity index (χ0v) is 12.0. The molecule has 0 aliphatic heterocycles. The van der Waals surface area contributed by atoms with Crippen molar-refractivity contribution < 1.29 is 9.84 Å². The van der Waals surface area contributed by atoms with Gasteiger partial charge in [-0.2, -0.15) is 0 Å². The number of hydrogen-bond donors (Lipinski definition) is 1. The lowest BCUT2D eigenvalue weighted by molar-refractivity contribution is -0.0989. The third kappa shape index (κ3) is 3.18. The van der Waals surface area contributed by atoms with Gasteiger partial charge >= 0.3 is 0 Å². The molecule has 0 spiro atoms. The number of halogens is 2. The summed E-state index contributed by atoms with van der Waals surface area (Å²) in [5.74, 6) is 0. The summed E-state index contributed by atoms with van der Waals surface area (Å²) >= 11 is 11.8. The standard InChI is InChI=1S/C14H18Cl2O2/c1-18-14(5-2-6-14)9-11(17)7-10-3-4-12(15)13(16)8-10/h3-4,8,11,17H,2,5-7,9H2,1H3. The summed E-state index contributed by atoms with van der Waals surface area (Å²) in [4.78, 5) is 0. The number of rotatable bonds is 5. The molecule has 4 heteroatoms. The van der Waals surface area contributed by atoms with Crippen molar-refractivity contribution in [3.63, 3.8) is 0 Å². The summed E-state index contributed by atoms with van der Waals surface area (Å²) in [6, 6.07) is 5.48. The average molecular weight is 289 g/mol. The molecule has 18 heavy (non-hydrogen) atoms. The quantitative estimate of drug-likeness (QED) is 0.892. The smallest absolute Gasteiger partial charge is 0.0703 e. The van der Waals surface area contributed by atoms with Gasteiger partial charge in [-0.05, 0) is 43.4 Å². The highest BCUT2D eigenvalue weighted by Crippen LogP contribution is 2.39. The van der Waals surface area contributed by atoms with E-state index in [0.29, 0.717) is 22.9 Å². The minimum Gasteiger partial charge on any atom is -0.393 e. The van der Waals surface area contributed by atoms with Gasteiger partial charge < -0.3 is 9.84 Å². The molecule has 1 atom stereocenters. The summed E-state index contributed by atoms with van der Waals surface area (Å²) in [5, 5.41) is 11.2. The molecule has 0 heterocycles. The zero-order chi connectivity index (χ0) is 13.2. The van der Waals surface area contributed by atoms with Crippen LogP contribution in [0, 0.1) is 0 Å². The Balaban J connectivity index is 1.94. The summed E-state index contributed by atoms with van der Waals surface area (Å²) in [6.45, 7) is 0. The average Bonchev–Trinajstić information content (AvgIpc) is 2.29. The molecule has 1 saturated carbocycles. The van der Waals surface area contributed by atoms with Gasteiger partial charge in [-0.3, -0.25) is 0 Å². The van der Waals surface area contributed by atoms with Gasteiger partial charge in [-0.15, -0.1) is 0 Å². The van der Waals surface area contributed by atoms with Crippen LogP contribution in [0.4, 0.5) is 0 Å². The number of hydrogen-bond acceptors (Lipinski definition) is 2. The first-order chi connectivity index (χ1) is 8.54. The molecule has 1 unspecified atom stereocenters. The van der Waals surface area contributed by atoms with Crippen molar-refractivity contribution in [3.05, 3.63) is 33.8 Å². The van der Waals surface area contributed by atoms with Crippen LogP contribution in [-0.4, -0.2) is 23.9 Å². The highest BCUT2D eigenvalue weighted by Gasteiger charge is 2.38. The molecular weight excluding hydrogens is 271 g/mol. The van der Waals surface area contributed by atoms with Crippen molar-refractivity contribution in [3.8, 4) is 0 Å². The van der Waals surface area contributed by atoms with Gasteiger partial charge in [0.2, 0.25) is 0 Å². The van der Waals surface area contributed by atoms with Crippen LogP contribution < -0.4 is 0 Å². The van der Waals surface area contributed by atoms with E-state index < -0.39 is 6.10 Å². The predicted molar refractivity (Wildman–Crippen MR) is 74.4 cm³/mol. The fourth-order valence-electron chi connectivity index (χ4n) is 2.50. The van der Waals surface area contributed by atoms with Crippen LogP contribution in [0.3, 0.4) is 0 Å². The monoisotopic (exact) mass is 288 g/mol. The number of benzene rings is 1. The molecule has 0 saturated heterocycles. The maximum Gasteiger partial charge on any atom is 0.0703 e. The van der Waals surface area contributed by atoms with Crippen LogP contribution in [-0.2, 0) is 11.2 Å². The molecule has 1 aliphatic rings. The Bertz CT molecular complexity index is 411. The van der Waals surface area contributed by atoms with Crippen molar-refractivity contribution >= 4 is 23.2 Å². The molecule has 2 nitrogen and oxygen atoms in total. The van der Waals surface area contributed by atoms with Gasteiger partial charge in [-0.25, -0.2) is 0 Å². The van der Waals surface area contributed by atoms with Gasteiger partial charge in [0.15, 0.2) is 0 Å². The molecular formula is C14H18Cl2O2. The van der Waals surface area contributed by atoms with E-state index in [-0.39, 0.29) is 5.60 Å². The van der Waals surface area contributed by atoms with E-state index in [1.807, 2.05) is 12.1 Å². The van der Waals surface area contributed by atoms with Crippen LogP contribution >= 0.6 is 23.2 Å². The third-order valence-electron chi connectivity index (χ3n) is 3.76. The third-order valence-corrected chi connectivity index (χ3v) is 4.50. The molecule has 1 aliphatic carbocycles. The Hall–Kier alpha value is -0.280. The molecule has 100 valence electrons. The second-order valence-corrected chi connectivity index (χ2v) is 5.87. The summed E-state index contributed by atoms with van der Waals surface area (Å²) in [6.07, 6.45) is 4.14. The van der Waals surface area contributed by atoms with E-state index in [0.717, 1.165) is 18.4 Å². The Labute approximate surface area is 118 Å². The predicted octanol–water partition coefficient (Wildman–Crippen LogP) is 3.86. The fourth-order valence-corrected chi connectivity index (χ4v) is 2.82. The Morgan fingerprint density at radius 1 is 1.33 bits per heavy atom. The second kappa shape index (κ2) is 5.79. The van der Waals surface area contributed by atoms with Gasteiger partial charge in [0.1, 0.15) is 0 Å².